The lowest BCUT2D eigenvalue weighted by molar-refractivity contribution is -0.0915. The topological polar surface area (TPSA) is 18.5 Å². The van der Waals surface area contributed by atoms with Gasteiger partial charge in [-0.25, -0.2) is 0 Å². The van der Waals surface area contributed by atoms with E-state index in [4.69, 9.17) is 9.47 Å². The smallest absolute Gasteiger partial charge is 0.200 e. The molecule has 0 saturated carbocycles. The monoisotopic (exact) mass is 312 g/mol. The van der Waals surface area contributed by atoms with Crippen LogP contribution in [0, 0.1) is 0 Å². The first-order chi connectivity index (χ1) is 11.4. The zero-order valence-electron chi connectivity index (χ0n) is 14.2. The summed E-state index contributed by atoms with van der Waals surface area (Å²) in [5.41, 5.74) is 1.34. The lowest BCUT2D eigenvalue weighted by Crippen LogP contribution is -2.26. The summed E-state index contributed by atoms with van der Waals surface area (Å²) in [7, 11) is 0. The Morgan fingerprint density at radius 2 is 1.83 bits per heavy atom. The van der Waals surface area contributed by atoms with Crippen molar-refractivity contribution in [2.24, 2.45) is 0 Å². The zero-order valence-corrected chi connectivity index (χ0v) is 14.2. The first kappa shape index (κ1) is 16.3. The molecule has 0 N–H and O–H groups in total. The van der Waals surface area contributed by atoms with Crippen molar-refractivity contribution in [3.05, 3.63) is 42.0 Å². The third-order valence-electron chi connectivity index (χ3n) is 4.69. The van der Waals surface area contributed by atoms with E-state index in [0.29, 0.717) is 0 Å². The van der Waals surface area contributed by atoms with Crippen LogP contribution in [0.25, 0.3) is 10.8 Å². The normalized spacial score (nSPS) is 17.0. The van der Waals surface area contributed by atoms with Crippen LogP contribution in [0.5, 0.6) is 5.75 Å². The third kappa shape index (κ3) is 4.26. The number of hydrogen-bond acceptors (Lipinski definition) is 2. The molecule has 0 saturated heterocycles. The quantitative estimate of drug-likeness (QED) is 0.568. The minimum absolute atomic E-state index is 0.0701. The molecule has 0 radical (unpaired) electrons. The Balaban J connectivity index is 1.48. The van der Waals surface area contributed by atoms with E-state index in [2.05, 4.69) is 43.3 Å². The summed E-state index contributed by atoms with van der Waals surface area (Å²) >= 11 is 0. The second-order valence-electron chi connectivity index (χ2n) is 6.49. The number of rotatable bonds is 8. The maximum atomic E-state index is 6.06. The lowest BCUT2D eigenvalue weighted by Gasteiger charge is -2.27. The molecule has 0 spiro atoms. The van der Waals surface area contributed by atoms with Gasteiger partial charge in [0.25, 0.3) is 0 Å². The molecule has 124 valence electrons. The molecule has 2 aromatic rings. The molecule has 2 aromatic carbocycles. The molecule has 1 atom stereocenters. The van der Waals surface area contributed by atoms with Crippen molar-refractivity contribution in [2.45, 2.75) is 64.6 Å². The Labute approximate surface area is 139 Å². The largest absolute Gasteiger partial charge is 0.465 e. The molecule has 0 unspecified atom stereocenters. The van der Waals surface area contributed by atoms with Crippen molar-refractivity contribution >= 4 is 10.8 Å². The first-order valence-electron chi connectivity index (χ1n) is 9.17. The Bertz CT molecular complexity index is 620. The number of benzene rings is 2. The van der Waals surface area contributed by atoms with Gasteiger partial charge in [-0.2, -0.15) is 0 Å². The van der Waals surface area contributed by atoms with Crippen LogP contribution in [-0.4, -0.2) is 12.9 Å². The second kappa shape index (κ2) is 8.35. The van der Waals surface area contributed by atoms with Gasteiger partial charge in [-0.1, -0.05) is 69.4 Å². The van der Waals surface area contributed by atoms with Crippen molar-refractivity contribution < 1.29 is 9.47 Å². The van der Waals surface area contributed by atoms with Gasteiger partial charge in [-0.05, 0) is 29.7 Å². The van der Waals surface area contributed by atoms with Crippen molar-refractivity contribution in [2.75, 3.05) is 6.61 Å². The van der Waals surface area contributed by atoms with Crippen LogP contribution in [0.2, 0.25) is 0 Å². The summed E-state index contributed by atoms with van der Waals surface area (Å²) in [4.78, 5) is 0. The number of ether oxygens (including phenoxy) is 2. The highest BCUT2D eigenvalue weighted by atomic mass is 16.7. The predicted octanol–water partition coefficient (Wildman–Crippen LogP) is 5.87. The van der Waals surface area contributed by atoms with E-state index in [-0.39, 0.29) is 6.29 Å². The Hall–Kier alpha value is -1.54. The van der Waals surface area contributed by atoms with E-state index < -0.39 is 0 Å². The number of unbranched alkanes of at least 4 members (excludes halogenated alkanes) is 5. The highest BCUT2D eigenvalue weighted by Gasteiger charge is 2.21. The standard InChI is InChI=1S/C21H28O2/c1-2-3-4-5-6-9-16-22-21-15-13-19-18-11-8-7-10-17(18)12-14-20(19)23-21/h7-8,10-12,14,21H,2-6,9,13,15-16H2,1H3/t21-/m0/s1. The van der Waals surface area contributed by atoms with Gasteiger partial charge in [0.05, 0.1) is 6.61 Å². The molecule has 2 heteroatoms. The minimum atomic E-state index is -0.0701. The third-order valence-corrected chi connectivity index (χ3v) is 4.69. The van der Waals surface area contributed by atoms with E-state index >= 15 is 0 Å². The molecule has 1 aliphatic rings. The SMILES string of the molecule is CCCCCCCCO[C@@H]1CCc2c(ccc3ccccc23)O1. The molecule has 2 nitrogen and oxygen atoms in total. The molecule has 0 amide bonds. The Morgan fingerprint density at radius 3 is 2.74 bits per heavy atom. The van der Waals surface area contributed by atoms with Crippen molar-refractivity contribution in [1.82, 2.24) is 0 Å². The number of fused-ring (bicyclic) bond motifs is 3. The van der Waals surface area contributed by atoms with Crippen LogP contribution in [0.1, 0.15) is 57.4 Å². The van der Waals surface area contributed by atoms with Crippen LogP contribution in [-0.2, 0) is 11.2 Å². The fraction of sp³-hybridized carbons (Fsp3) is 0.524. The van der Waals surface area contributed by atoms with Gasteiger partial charge in [0.2, 0.25) is 0 Å². The second-order valence-corrected chi connectivity index (χ2v) is 6.49. The Morgan fingerprint density at radius 1 is 1.00 bits per heavy atom. The summed E-state index contributed by atoms with van der Waals surface area (Å²) in [5.74, 6) is 1.00. The van der Waals surface area contributed by atoms with E-state index in [1.807, 2.05) is 0 Å². The number of hydrogen-bond donors (Lipinski definition) is 0. The van der Waals surface area contributed by atoms with E-state index in [9.17, 15) is 0 Å². The van der Waals surface area contributed by atoms with Crippen molar-refractivity contribution in [1.29, 1.82) is 0 Å². The number of aryl methyl sites for hydroxylation is 1. The molecule has 0 fully saturated rings. The van der Waals surface area contributed by atoms with Crippen molar-refractivity contribution in [3.8, 4) is 5.75 Å². The van der Waals surface area contributed by atoms with E-state index in [0.717, 1.165) is 31.6 Å². The molecule has 1 aliphatic heterocycles. The van der Waals surface area contributed by atoms with Gasteiger partial charge < -0.3 is 9.47 Å². The van der Waals surface area contributed by atoms with Crippen molar-refractivity contribution in [3.63, 3.8) is 0 Å². The highest BCUT2D eigenvalue weighted by molar-refractivity contribution is 5.87. The maximum Gasteiger partial charge on any atom is 0.200 e. The summed E-state index contributed by atoms with van der Waals surface area (Å²) < 4.78 is 12.0. The molecular formula is C21H28O2. The summed E-state index contributed by atoms with van der Waals surface area (Å²) in [6.45, 7) is 3.07. The lowest BCUT2D eigenvalue weighted by atomic mass is 9.98. The molecule has 0 bridgehead atoms. The van der Waals surface area contributed by atoms with Gasteiger partial charge in [-0.15, -0.1) is 0 Å². The molecule has 1 heterocycles. The molecular weight excluding hydrogens is 284 g/mol. The molecule has 0 aromatic heterocycles. The fourth-order valence-electron chi connectivity index (χ4n) is 3.36. The molecule has 0 aliphatic carbocycles. The van der Waals surface area contributed by atoms with Gasteiger partial charge in [-0.3, -0.25) is 0 Å². The average molecular weight is 312 g/mol. The van der Waals surface area contributed by atoms with E-state index in [1.165, 1.54) is 48.4 Å². The van der Waals surface area contributed by atoms with Gasteiger partial charge >= 0.3 is 0 Å². The van der Waals surface area contributed by atoms with E-state index in [1.54, 1.807) is 0 Å². The van der Waals surface area contributed by atoms with Gasteiger partial charge in [0, 0.05) is 12.0 Å². The minimum Gasteiger partial charge on any atom is -0.465 e. The average Bonchev–Trinajstić information content (AvgIpc) is 2.60. The van der Waals surface area contributed by atoms with Gasteiger partial charge in [0.15, 0.2) is 6.29 Å². The summed E-state index contributed by atoms with van der Waals surface area (Å²) in [5, 5.41) is 2.61. The molecule has 23 heavy (non-hydrogen) atoms. The van der Waals surface area contributed by atoms with Crippen LogP contribution in [0.4, 0.5) is 0 Å². The van der Waals surface area contributed by atoms with Gasteiger partial charge in [0.1, 0.15) is 5.75 Å². The summed E-state index contributed by atoms with van der Waals surface area (Å²) in [6.07, 6.45) is 9.70. The predicted molar refractivity (Wildman–Crippen MR) is 96.0 cm³/mol. The first-order valence-corrected chi connectivity index (χ1v) is 9.17. The summed E-state index contributed by atoms with van der Waals surface area (Å²) in [6, 6.07) is 12.8. The fourth-order valence-corrected chi connectivity index (χ4v) is 3.36. The van der Waals surface area contributed by atoms with Crippen LogP contribution in [0.3, 0.4) is 0 Å². The van der Waals surface area contributed by atoms with Crippen LogP contribution < -0.4 is 4.74 Å². The highest BCUT2D eigenvalue weighted by Crippen LogP contribution is 2.34. The zero-order chi connectivity index (χ0) is 15.9. The Kier molecular flexibility index (Phi) is 5.93. The van der Waals surface area contributed by atoms with Crippen LogP contribution in [0.15, 0.2) is 36.4 Å². The maximum absolute atomic E-state index is 6.06. The van der Waals surface area contributed by atoms with Crippen LogP contribution >= 0.6 is 0 Å². The molecule has 3 rings (SSSR count).